The third-order valence-corrected chi connectivity index (χ3v) is 6.36. The van der Waals surface area contributed by atoms with Gasteiger partial charge in [0.25, 0.3) is 0 Å². The van der Waals surface area contributed by atoms with Gasteiger partial charge in [-0.1, -0.05) is 136 Å². The number of unbranched alkanes of at least 4 members (excludes halogenated alkanes) is 19. The van der Waals surface area contributed by atoms with Crippen molar-refractivity contribution in [3.8, 4) is 0 Å². The molecule has 0 aliphatic rings. The quantitative estimate of drug-likeness (QED) is 0.109. The molecule has 0 aliphatic carbocycles. The first-order valence-corrected chi connectivity index (χ1v) is 13.9. The molecule has 0 saturated heterocycles. The van der Waals surface area contributed by atoms with Crippen LogP contribution in [0.4, 0.5) is 4.79 Å². The second-order valence-corrected chi connectivity index (χ2v) is 9.58. The summed E-state index contributed by atoms with van der Waals surface area (Å²) >= 11 is 5.49. The number of hydrogen-bond donors (Lipinski definition) is 0. The first-order chi connectivity index (χ1) is 14.7. The molecule has 180 valence electrons. The first kappa shape index (κ1) is 29.8. The van der Waals surface area contributed by atoms with Crippen molar-refractivity contribution in [2.45, 2.75) is 168 Å². The lowest BCUT2D eigenvalue weighted by atomic mass is 10.0. The molecule has 0 heterocycles. The van der Waals surface area contributed by atoms with E-state index < -0.39 is 5.43 Å². The van der Waals surface area contributed by atoms with Gasteiger partial charge in [-0.05, 0) is 25.7 Å². The molecule has 0 saturated carbocycles. The highest BCUT2D eigenvalue weighted by Crippen LogP contribution is 2.18. The minimum absolute atomic E-state index is 0.0303. The zero-order valence-electron chi connectivity index (χ0n) is 20.5. The molecule has 1 atom stereocenters. The minimum atomic E-state index is -0.630. The Kier molecular flexibility index (Phi) is 24.8. The molecule has 0 radical (unpaired) electrons. The van der Waals surface area contributed by atoms with Crippen LogP contribution in [-0.4, -0.2) is 11.5 Å². The van der Waals surface area contributed by atoms with Crippen LogP contribution in [0.3, 0.4) is 0 Å². The van der Waals surface area contributed by atoms with Gasteiger partial charge < -0.3 is 4.74 Å². The zero-order chi connectivity index (χ0) is 22.1. The van der Waals surface area contributed by atoms with Crippen molar-refractivity contribution < 1.29 is 9.53 Å². The highest BCUT2D eigenvalue weighted by Gasteiger charge is 2.12. The van der Waals surface area contributed by atoms with Gasteiger partial charge in [0.05, 0.1) is 0 Å². The van der Waals surface area contributed by atoms with E-state index in [1.54, 1.807) is 0 Å². The number of rotatable bonds is 24. The van der Waals surface area contributed by atoms with Crippen LogP contribution in [0.5, 0.6) is 0 Å². The molecule has 30 heavy (non-hydrogen) atoms. The second kappa shape index (κ2) is 25.0. The Balaban J connectivity index is 3.54. The molecular formula is C27H53ClO2. The maximum absolute atomic E-state index is 11.2. The Bertz CT molecular complexity index is 346. The van der Waals surface area contributed by atoms with Gasteiger partial charge in [0.15, 0.2) is 0 Å². The van der Waals surface area contributed by atoms with E-state index in [1.165, 1.54) is 122 Å². The largest absolute Gasteiger partial charge is 0.450 e. The molecular weight excluding hydrogens is 392 g/mol. The molecule has 3 heteroatoms. The second-order valence-electron chi connectivity index (χ2n) is 9.27. The number of halogens is 1. The van der Waals surface area contributed by atoms with Crippen molar-refractivity contribution in [1.82, 2.24) is 0 Å². The topological polar surface area (TPSA) is 26.3 Å². The van der Waals surface area contributed by atoms with Crippen molar-refractivity contribution in [2.24, 2.45) is 0 Å². The third kappa shape index (κ3) is 24.0. The van der Waals surface area contributed by atoms with Crippen molar-refractivity contribution in [2.75, 3.05) is 0 Å². The third-order valence-electron chi connectivity index (χ3n) is 6.27. The molecule has 0 fully saturated rings. The summed E-state index contributed by atoms with van der Waals surface area (Å²) in [5.74, 6) is 0. The van der Waals surface area contributed by atoms with Gasteiger partial charge >= 0.3 is 5.43 Å². The summed E-state index contributed by atoms with van der Waals surface area (Å²) in [6.07, 6.45) is 30.2. The summed E-state index contributed by atoms with van der Waals surface area (Å²) in [6, 6.07) is 0. The summed E-state index contributed by atoms with van der Waals surface area (Å²) < 4.78 is 5.35. The fourth-order valence-electron chi connectivity index (χ4n) is 4.29. The average Bonchev–Trinajstić information content (AvgIpc) is 2.72. The number of ether oxygens (including phenoxy) is 1. The molecule has 0 bridgehead atoms. The molecule has 0 amide bonds. The lowest BCUT2D eigenvalue weighted by molar-refractivity contribution is 0.106. The minimum Gasteiger partial charge on any atom is -0.450 e. The van der Waals surface area contributed by atoms with Gasteiger partial charge in [-0.3, -0.25) is 0 Å². The highest BCUT2D eigenvalue weighted by atomic mass is 35.5. The van der Waals surface area contributed by atoms with Gasteiger partial charge in [-0.15, -0.1) is 0 Å². The fourth-order valence-corrected chi connectivity index (χ4v) is 4.41. The monoisotopic (exact) mass is 444 g/mol. The van der Waals surface area contributed by atoms with Crippen LogP contribution in [0.25, 0.3) is 0 Å². The summed E-state index contributed by atoms with van der Waals surface area (Å²) in [7, 11) is 0. The van der Waals surface area contributed by atoms with E-state index in [4.69, 9.17) is 16.3 Å². The molecule has 2 nitrogen and oxygen atoms in total. The van der Waals surface area contributed by atoms with Crippen molar-refractivity contribution in [3.05, 3.63) is 0 Å². The number of hydrogen-bond acceptors (Lipinski definition) is 2. The molecule has 0 aromatic heterocycles. The smallest absolute Gasteiger partial charge is 0.404 e. The predicted octanol–water partition coefficient (Wildman–Crippen LogP) is 10.7. The zero-order valence-corrected chi connectivity index (χ0v) is 21.3. The van der Waals surface area contributed by atoms with E-state index in [9.17, 15) is 4.79 Å². The fraction of sp³-hybridized carbons (Fsp3) is 0.963. The number of carbonyl (C=O) groups excluding carboxylic acids is 1. The van der Waals surface area contributed by atoms with Crippen LogP contribution in [0.2, 0.25) is 0 Å². The van der Waals surface area contributed by atoms with Gasteiger partial charge in [0.2, 0.25) is 0 Å². The van der Waals surface area contributed by atoms with Crippen molar-refractivity contribution in [1.29, 1.82) is 0 Å². The van der Waals surface area contributed by atoms with E-state index in [0.29, 0.717) is 0 Å². The van der Waals surface area contributed by atoms with Gasteiger partial charge in [-0.2, -0.15) is 0 Å². The summed E-state index contributed by atoms with van der Waals surface area (Å²) in [5.41, 5.74) is -0.630. The van der Waals surface area contributed by atoms with Crippen LogP contribution >= 0.6 is 11.6 Å². The molecule has 0 N–H and O–H groups in total. The van der Waals surface area contributed by atoms with Crippen LogP contribution in [0.15, 0.2) is 0 Å². The standard InChI is InChI=1S/C27H53ClO2/c1-3-5-7-9-11-13-14-15-17-19-21-23-25-26(30-27(28)29)24-22-20-18-16-12-10-8-6-4-2/h26H,3-25H2,1-2H3. The summed E-state index contributed by atoms with van der Waals surface area (Å²) in [5, 5.41) is 0. The Morgan fingerprint density at radius 2 is 0.800 bits per heavy atom. The van der Waals surface area contributed by atoms with Crippen LogP contribution in [-0.2, 0) is 4.74 Å². The van der Waals surface area contributed by atoms with Gasteiger partial charge in [0.1, 0.15) is 6.10 Å². The average molecular weight is 445 g/mol. The molecule has 0 spiro atoms. The van der Waals surface area contributed by atoms with Crippen LogP contribution in [0.1, 0.15) is 162 Å². The van der Waals surface area contributed by atoms with E-state index in [-0.39, 0.29) is 6.10 Å². The molecule has 1 unspecified atom stereocenters. The SMILES string of the molecule is CCCCCCCCCCCCCCC(CCCCCCCCCCC)OC(=O)Cl. The number of carbonyl (C=O) groups is 1. The molecule has 0 aromatic carbocycles. The van der Waals surface area contributed by atoms with Gasteiger partial charge in [0, 0.05) is 11.6 Å². The first-order valence-electron chi connectivity index (χ1n) is 13.6. The normalized spacial score (nSPS) is 12.2. The van der Waals surface area contributed by atoms with Crippen molar-refractivity contribution in [3.63, 3.8) is 0 Å². The van der Waals surface area contributed by atoms with Gasteiger partial charge in [-0.25, -0.2) is 4.79 Å². The van der Waals surface area contributed by atoms with E-state index in [0.717, 1.165) is 25.7 Å². The Morgan fingerprint density at radius 1 is 0.533 bits per heavy atom. The Hall–Kier alpha value is -0.240. The molecule has 0 aliphatic heterocycles. The molecule has 0 aromatic rings. The lowest BCUT2D eigenvalue weighted by Crippen LogP contribution is -2.14. The van der Waals surface area contributed by atoms with Crippen LogP contribution < -0.4 is 0 Å². The summed E-state index contributed by atoms with van der Waals surface area (Å²) in [4.78, 5) is 11.2. The Morgan fingerprint density at radius 3 is 1.07 bits per heavy atom. The maximum atomic E-state index is 11.2. The lowest BCUT2D eigenvalue weighted by Gasteiger charge is -2.16. The maximum Gasteiger partial charge on any atom is 0.404 e. The van der Waals surface area contributed by atoms with Crippen LogP contribution in [0, 0.1) is 0 Å². The summed E-state index contributed by atoms with van der Waals surface area (Å²) in [6.45, 7) is 4.54. The highest BCUT2D eigenvalue weighted by molar-refractivity contribution is 6.61. The van der Waals surface area contributed by atoms with E-state index >= 15 is 0 Å². The van der Waals surface area contributed by atoms with E-state index in [1.807, 2.05) is 0 Å². The molecule has 0 rings (SSSR count). The predicted molar refractivity (Wildman–Crippen MR) is 134 cm³/mol. The van der Waals surface area contributed by atoms with E-state index in [2.05, 4.69) is 13.8 Å². The Labute approximate surface area is 194 Å². The van der Waals surface area contributed by atoms with Crippen molar-refractivity contribution >= 4 is 17.0 Å².